The van der Waals surface area contributed by atoms with Crippen molar-refractivity contribution in [2.45, 2.75) is 6.54 Å². The standard InChI is InChI=1S/C13H15IN2O2/c1-17-7-6-15-9-12-8-13(18-16-12)10-2-4-11(14)5-3-10/h2-5,8,15H,6-7,9H2,1H3. The zero-order valence-corrected chi connectivity index (χ0v) is 12.3. The first-order valence-corrected chi connectivity index (χ1v) is 6.78. The summed E-state index contributed by atoms with van der Waals surface area (Å²) >= 11 is 2.28. The molecular weight excluding hydrogens is 343 g/mol. The molecule has 0 spiro atoms. The zero-order valence-electron chi connectivity index (χ0n) is 10.1. The summed E-state index contributed by atoms with van der Waals surface area (Å²) in [6, 6.07) is 10.1. The fourth-order valence-corrected chi connectivity index (χ4v) is 1.90. The lowest BCUT2D eigenvalue weighted by molar-refractivity contribution is 0.199. The molecule has 0 saturated heterocycles. The Morgan fingerprint density at radius 3 is 2.83 bits per heavy atom. The maximum atomic E-state index is 5.32. The number of hydrogen-bond acceptors (Lipinski definition) is 4. The summed E-state index contributed by atoms with van der Waals surface area (Å²) in [6.45, 7) is 2.20. The number of methoxy groups -OCH3 is 1. The van der Waals surface area contributed by atoms with Crippen LogP contribution in [0.25, 0.3) is 11.3 Å². The van der Waals surface area contributed by atoms with E-state index >= 15 is 0 Å². The lowest BCUT2D eigenvalue weighted by Crippen LogP contribution is -2.18. The highest BCUT2D eigenvalue weighted by atomic mass is 127. The van der Waals surface area contributed by atoms with E-state index in [4.69, 9.17) is 9.26 Å². The molecule has 1 aromatic heterocycles. The maximum absolute atomic E-state index is 5.32. The molecule has 0 amide bonds. The quantitative estimate of drug-likeness (QED) is 0.637. The van der Waals surface area contributed by atoms with Crippen molar-refractivity contribution in [3.63, 3.8) is 0 Å². The second-order valence-corrected chi connectivity index (χ2v) is 5.10. The normalized spacial score (nSPS) is 10.8. The summed E-state index contributed by atoms with van der Waals surface area (Å²) in [5, 5.41) is 7.26. The van der Waals surface area contributed by atoms with Crippen molar-refractivity contribution >= 4 is 22.6 Å². The second-order valence-electron chi connectivity index (χ2n) is 3.86. The van der Waals surface area contributed by atoms with E-state index in [0.717, 1.165) is 23.6 Å². The lowest BCUT2D eigenvalue weighted by Gasteiger charge is -1.99. The topological polar surface area (TPSA) is 47.3 Å². The van der Waals surface area contributed by atoms with Crippen LogP contribution in [0.1, 0.15) is 5.69 Å². The number of ether oxygens (including phenoxy) is 1. The van der Waals surface area contributed by atoms with Crippen molar-refractivity contribution in [2.24, 2.45) is 0 Å². The molecule has 0 unspecified atom stereocenters. The van der Waals surface area contributed by atoms with Gasteiger partial charge in [-0.1, -0.05) is 17.3 Å². The molecule has 0 bridgehead atoms. The van der Waals surface area contributed by atoms with Gasteiger partial charge in [0.1, 0.15) is 0 Å². The van der Waals surface area contributed by atoms with Gasteiger partial charge in [-0.15, -0.1) is 0 Å². The van der Waals surface area contributed by atoms with E-state index in [9.17, 15) is 0 Å². The third-order valence-corrected chi connectivity index (χ3v) is 3.20. The molecular formula is C13H15IN2O2. The van der Waals surface area contributed by atoms with Crippen LogP contribution in [-0.2, 0) is 11.3 Å². The highest BCUT2D eigenvalue weighted by Gasteiger charge is 2.06. The Morgan fingerprint density at radius 2 is 2.11 bits per heavy atom. The highest BCUT2D eigenvalue weighted by molar-refractivity contribution is 14.1. The van der Waals surface area contributed by atoms with Gasteiger partial charge in [-0.3, -0.25) is 0 Å². The van der Waals surface area contributed by atoms with Crippen molar-refractivity contribution in [1.29, 1.82) is 0 Å². The van der Waals surface area contributed by atoms with Crippen molar-refractivity contribution < 1.29 is 9.26 Å². The van der Waals surface area contributed by atoms with Gasteiger partial charge in [0.15, 0.2) is 5.76 Å². The molecule has 1 N–H and O–H groups in total. The molecule has 2 rings (SSSR count). The Labute approximate surface area is 120 Å². The van der Waals surface area contributed by atoms with E-state index in [1.54, 1.807) is 7.11 Å². The van der Waals surface area contributed by atoms with Crippen molar-refractivity contribution in [2.75, 3.05) is 20.3 Å². The van der Waals surface area contributed by atoms with E-state index in [1.165, 1.54) is 3.57 Å². The predicted molar refractivity (Wildman–Crippen MR) is 78.2 cm³/mol. The molecule has 0 aliphatic carbocycles. The van der Waals surface area contributed by atoms with Gasteiger partial charge >= 0.3 is 0 Å². The summed E-state index contributed by atoms with van der Waals surface area (Å²) in [7, 11) is 1.69. The smallest absolute Gasteiger partial charge is 0.167 e. The number of halogens is 1. The second kappa shape index (κ2) is 6.86. The molecule has 0 aliphatic rings. The van der Waals surface area contributed by atoms with Crippen LogP contribution in [-0.4, -0.2) is 25.4 Å². The Balaban J connectivity index is 1.95. The largest absolute Gasteiger partial charge is 0.383 e. The summed E-state index contributed by atoms with van der Waals surface area (Å²) in [5.74, 6) is 0.801. The Morgan fingerprint density at radius 1 is 1.33 bits per heavy atom. The third kappa shape index (κ3) is 3.79. The lowest BCUT2D eigenvalue weighted by atomic mass is 10.2. The molecule has 18 heavy (non-hydrogen) atoms. The molecule has 2 aromatic rings. The molecule has 0 radical (unpaired) electrons. The number of aromatic nitrogens is 1. The minimum absolute atomic E-state index is 0.692. The molecule has 0 saturated carbocycles. The number of nitrogens with zero attached hydrogens (tertiary/aromatic N) is 1. The van der Waals surface area contributed by atoms with Gasteiger partial charge in [-0.25, -0.2) is 0 Å². The number of rotatable bonds is 6. The van der Waals surface area contributed by atoms with Gasteiger partial charge in [0.05, 0.1) is 12.3 Å². The molecule has 0 atom stereocenters. The average molecular weight is 358 g/mol. The average Bonchev–Trinajstić information content (AvgIpc) is 2.84. The molecule has 0 aliphatic heterocycles. The van der Waals surface area contributed by atoms with E-state index in [1.807, 2.05) is 18.2 Å². The summed E-state index contributed by atoms with van der Waals surface area (Å²) < 4.78 is 11.5. The Bertz CT molecular complexity index is 482. The van der Waals surface area contributed by atoms with Crippen molar-refractivity contribution in [3.8, 4) is 11.3 Å². The van der Waals surface area contributed by atoms with Crippen LogP contribution in [0.15, 0.2) is 34.9 Å². The van der Waals surface area contributed by atoms with Gasteiger partial charge in [0, 0.05) is 35.4 Å². The maximum Gasteiger partial charge on any atom is 0.167 e. The summed E-state index contributed by atoms with van der Waals surface area (Å²) in [5.41, 5.74) is 1.95. The van der Waals surface area contributed by atoms with Gasteiger partial charge in [0.2, 0.25) is 0 Å². The van der Waals surface area contributed by atoms with Crippen LogP contribution >= 0.6 is 22.6 Å². The monoisotopic (exact) mass is 358 g/mol. The van der Waals surface area contributed by atoms with Crippen LogP contribution in [0, 0.1) is 3.57 Å². The van der Waals surface area contributed by atoms with Gasteiger partial charge in [-0.2, -0.15) is 0 Å². The van der Waals surface area contributed by atoms with Gasteiger partial charge in [0.25, 0.3) is 0 Å². The molecule has 1 aromatic carbocycles. The first-order valence-electron chi connectivity index (χ1n) is 5.71. The molecule has 5 heteroatoms. The van der Waals surface area contributed by atoms with Crippen LogP contribution in [0.2, 0.25) is 0 Å². The van der Waals surface area contributed by atoms with E-state index in [2.05, 4.69) is 45.2 Å². The predicted octanol–water partition coefficient (Wildman–Crippen LogP) is 2.68. The van der Waals surface area contributed by atoms with Gasteiger partial charge in [-0.05, 0) is 34.7 Å². The van der Waals surface area contributed by atoms with E-state index < -0.39 is 0 Å². The van der Waals surface area contributed by atoms with Crippen LogP contribution in [0.3, 0.4) is 0 Å². The summed E-state index contributed by atoms with van der Waals surface area (Å²) in [4.78, 5) is 0. The van der Waals surface area contributed by atoms with Crippen LogP contribution in [0.5, 0.6) is 0 Å². The molecule has 1 heterocycles. The van der Waals surface area contributed by atoms with Crippen molar-refractivity contribution in [3.05, 3.63) is 39.6 Å². The molecule has 4 nitrogen and oxygen atoms in total. The number of benzene rings is 1. The first kappa shape index (κ1) is 13.5. The van der Waals surface area contributed by atoms with E-state index in [0.29, 0.717) is 13.2 Å². The Kier molecular flexibility index (Phi) is 5.15. The number of hydrogen-bond donors (Lipinski definition) is 1. The van der Waals surface area contributed by atoms with Crippen LogP contribution < -0.4 is 5.32 Å². The third-order valence-electron chi connectivity index (χ3n) is 2.48. The van der Waals surface area contributed by atoms with Gasteiger partial charge < -0.3 is 14.6 Å². The SMILES string of the molecule is COCCNCc1cc(-c2ccc(I)cc2)on1. The molecule has 96 valence electrons. The zero-order chi connectivity index (χ0) is 12.8. The summed E-state index contributed by atoms with van der Waals surface area (Å²) in [6.07, 6.45) is 0. The fourth-order valence-electron chi connectivity index (χ4n) is 1.54. The minimum Gasteiger partial charge on any atom is -0.383 e. The number of nitrogens with one attached hydrogen (secondary N) is 1. The fraction of sp³-hybridized carbons (Fsp3) is 0.308. The van der Waals surface area contributed by atoms with E-state index in [-0.39, 0.29) is 0 Å². The minimum atomic E-state index is 0.692. The molecule has 0 fully saturated rings. The van der Waals surface area contributed by atoms with Crippen molar-refractivity contribution in [1.82, 2.24) is 10.5 Å². The van der Waals surface area contributed by atoms with Crippen LogP contribution in [0.4, 0.5) is 0 Å². The highest BCUT2D eigenvalue weighted by Crippen LogP contribution is 2.21. The Hall–Kier alpha value is -0.920. The first-order chi connectivity index (χ1) is 8.79.